The Bertz CT molecular complexity index is 383. The molecule has 0 aromatic carbocycles. The van der Waals surface area contributed by atoms with Crippen molar-refractivity contribution < 1.29 is 8.42 Å². The van der Waals surface area contributed by atoms with Crippen molar-refractivity contribution in [1.29, 1.82) is 0 Å². The van der Waals surface area contributed by atoms with Crippen molar-refractivity contribution in [3.63, 3.8) is 0 Å². The Morgan fingerprint density at radius 1 is 1.31 bits per heavy atom. The lowest BCUT2D eigenvalue weighted by Crippen LogP contribution is -2.11. The van der Waals surface area contributed by atoms with Crippen LogP contribution in [0.5, 0.6) is 0 Å². The molecule has 0 saturated carbocycles. The van der Waals surface area contributed by atoms with Crippen molar-refractivity contribution in [2.45, 2.75) is 19.1 Å². The second-order valence-corrected chi connectivity index (χ2v) is 5.46. The van der Waals surface area contributed by atoms with Crippen LogP contribution in [0.4, 0.5) is 0 Å². The first kappa shape index (κ1) is 10.1. The van der Waals surface area contributed by atoms with Crippen LogP contribution in [0.2, 0.25) is 0 Å². The molecule has 4 nitrogen and oxygen atoms in total. The van der Waals surface area contributed by atoms with Gasteiger partial charge in [-0.25, -0.2) is 18.4 Å². The van der Waals surface area contributed by atoms with Crippen LogP contribution in [0.1, 0.15) is 23.6 Å². The summed E-state index contributed by atoms with van der Waals surface area (Å²) in [4.78, 5) is 7.91. The summed E-state index contributed by atoms with van der Waals surface area (Å²) < 4.78 is 22.3. The molecule has 1 unspecified atom stereocenters. The second kappa shape index (κ2) is 3.41. The summed E-state index contributed by atoms with van der Waals surface area (Å²) in [6.45, 7) is 3.44. The van der Waals surface area contributed by atoms with E-state index in [-0.39, 0.29) is 0 Å². The Labute approximate surface area is 78.0 Å². The van der Waals surface area contributed by atoms with Gasteiger partial charge < -0.3 is 0 Å². The lowest BCUT2D eigenvalue weighted by molar-refractivity contribution is 0.589. The maximum absolute atomic E-state index is 11.1. The van der Waals surface area contributed by atoms with E-state index in [0.29, 0.717) is 5.82 Å². The van der Waals surface area contributed by atoms with E-state index in [9.17, 15) is 8.42 Å². The largest absolute Gasteiger partial charge is 0.240 e. The maximum Gasteiger partial charge on any atom is 0.157 e. The average molecular weight is 200 g/mol. The van der Waals surface area contributed by atoms with Crippen LogP contribution in [0.15, 0.2) is 12.4 Å². The zero-order valence-electron chi connectivity index (χ0n) is 7.85. The molecule has 1 rings (SSSR count). The summed E-state index contributed by atoms with van der Waals surface area (Å²) in [6.07, 6.45) is 4.41. The van der Waals surface area contributed by atoms with Gasteiger partial charge in [0.2, 0.25) is 0 Å². The molecule has 13 heavy (non-hydrogen) atoms. The fourth-order valence-electron chi connectivity index (χ4n) is 0.804. The van der Waals surface area contributed by atoms with E-state index in [2.05, 4.69) is 9.97 Å². The van der Waals surface area contributed by atoms with Crippen LogP contribution >= 0.6 is 0 Å². The number of rotatable bonds is 2. The number of hydrogen-bond acceptors (Lipinski definition) is 4. The molecule has 0 amide bonds. The number of sulfone groups is 1. The van der Waals surface area contributed by atoms with Crippen molar-refractivity contribution in [3.05, 3.63) is 23.8 Å². The van der Waals surface area contributed by atoms with Gasteiger partial charge >= 0.3 is 0 Å². The van der Waals surface area contributed by atoms with Crippen molar-refractivity contribution in [2.75, 3.05) is 6.26 Å². The van der Waals surface area contributed by atoms with E-state index >= 15 is 0 Å². The van der Waals surface area contributed by atoms with Gasteiger partial charge in [0, 0.05) is 18.6 Å². The summed E-state index contributed by atoms with van der Waals surface area (Å²) in [5.74, 6) is 0.355. The van der Waals surface area contributed by atoms with Crippen molar-refractivity contribution in [2.24, 2.45) is 0 Å². The smallest absolute Gasteiger partial charge is 0.157 e. The molecule has 72 valence electrons. The van der Waals surface area contributed by atoms with E-state index in [1.807, 2.05) is 6.92 Å². The molecule has 1 heterocycles. The highest BCUT2D eigenvalue weighted by Gasteiger charge is 2.19. The Kier molecular flexibility index (Phi) is 2.66. The summed E-state index contributed by atoms with van der Waals surface area (Å²) in [7, 11) is -3.09. The molecule has 0 aliphatic rings. The van der Waals surface area contributed by atoms with Gasteiger partial charge in [-0.2, -0.15) is 0 Å². The Hall–Kier alpha value is -0.970. The van der Waals surface area contributed by atoms with Crippen LogP contribution in [0.25, 0.3) is 0 Å². The molecule has 1 atom stereocenters. The van der Waals surface area contributed by atoms with Gasteiger partial charge in [0.1, 0.15) is 11.1 Å². The highest BCUT2D eigenvalue weighted by molar-refractivity contribution is 7.90. The molecule has 0 bridgehead atoms. The topological polar surface area (TPSA) is 59.9 Å². The van der Waals surface area contributed by atoms with Gasteiger partial charge in [-0.3, -0.25) is 0 Å². The molecule has 0 spiro atoms. The zero-order valence-corrected chi connectivity index (χ0v) is 8.67. The molecule has 0 fully saturated rings. The molecule has 1 aromatic heterocycles. The first-order chi connectivity index (χ1) is 5.91. The van der Waals surface area contributed by atoms with E-state index in [0.717, 1.165) is 5.56 Å². The van der Waals surface area contributed by atoms with Gasteiger partial charge in [0.25, 0.3) is 0 Å². The fraction of sp³-hybridized carbons (Fsp3) is 0.500. The summed E-state index contributed by atoms with van der Waals surface area (Å²) in [5, 5.41) is -0.631. The molecular weight excluding hydrogens is 188 g/mol. The lowest BCUT2D eigenvalue weighted by atomic mass is 10.4. The van der Waals surface area contributed by atoms with Crippen molar-refractivity contribution in [3.8, 4) is 0 Å². The van der Waals surface area contributed by atoms with Gasteiger partial charge in [-0.05, 0) is 19.4 Å². The number of aromatic nitrogens is 2. The Balaban J connectivity index is 3.04. The quantitative estimate of drug-likeness (QED) is 0.711. The van der Waals surface area contributed by atoms with Crippen LogP contribution in [0, 0.1) is 6.92 Å². The second-order valence-electron chi connectivity index (χ2n) is 3.09. The van der Waals surface area contributed by atoms with Crippen molar-refractivity contribution in [1.82, 2.24) is 9.97 Å². The molecular formula is C8H12N2O2S. The van der Waals surface area contributed by atoms with E-state index in [1.165, 1.54) is 6.26 Å². The molecule has 0 aliphatic heterocycles. The first-order valence-corrected chi connectivity index (χ1v) is 5.84. The summed E-state index contributed by atoms with van der Waals surface area (Å²) in [6, 6.07) is 0. The van der Waals surface area contributed by atoms with Crippen LogP contribution in [-0.2, 0) is 9.84 Å². The third-order valence-corrected chi connectivity index (χ3v) is 3.30. The SMILES string of the molecule is Cc1cnc(C(C)S(C)(=O)=O)nc1. The maximum atomic E-state index is 11.1. The van der Waals surface area contributed by atoms with Gasteiger partial charge in [-0.15, -0.1) is 0 Å². The predicted molar refractivity (Wildman–Crippen MR) is 50.0 cm³/mol. The third-order valence-electron chi connectivity index (χ3n) is 1.81. The van der Waals surface area contributed by atoms with Crippen LogP contribution < -0.4 is 0 Å². The Morgan fingerprint density at radius 3 is 2.15 bits per heavy atom. The lowest BCUT2D eigenvalue weighted by Gasteiger charge is -2.06. The molecule has 0 N–H and O–H groups in total. The highest BCUT2D eigenvalue weighted by Crippen LogP contribution is 2.15. The standard InChI is InChI=1S/C8H12N2O2S/c1-6-4-9-8(10-5-6)7(2)13(3,11)12/h4-5,7H,1-3H3. The van der Waals surface area contributed by atoms with Crippen LogP contribution in [0.3, 0.4) is 0 Å². The molecule has 0 radical (unpaired) electrons. The molecule has 0 saturated heterocycles. The first-order valence-electron chi connectivity index (χ1n) is 3.88. The normalized spacial score (nSPS) is 14.1. The van der Waals surface area contributed by atoms with Crippen LogP contribution in [-0.4, -0.2) is 24.6 Å². The van der Waals surface area contributed by atoms with E-state index < -0.39 is 15.1 Å². The highest BCUT2D eigenvalue weighted by atomic mass is 32.2. The monoisotopic (exact) mass is 200 g/mol. The fourth-order valence-corrected chi connectivity index (χ4v) is 1.31. The third kappa shape index (κ3) is 2.48. The number of hydrogen-bond donors (Lipinski definition) is 0. The van der Waals surface area contributed by atoms with E-state index in [1.54, 1.807) is 19.3 Å². The minimum Gasteiger partial charge on any atom is -0.240 e. The molecule has 1 aromatic rings. The molecule has 5 heteroatoms. The van der Waals surface area contributed by atoms with Gasteiger partial charge in [0.15, 0.2) is 9.84 Å². The predicted octanol–water partition coefficient (Wildman–Crippen LogP) is 0.891. The van der Waals surface area contributed by atoms with E-state index in [4.69, 9.17) is 0 Å². The number of nitrogens with zero attached hydrogens (tertiary/aromatic N) is 2. The Morgan fingerprint density at radius 2 is 1.77 bits per heavy atom. The summed E-state index contributed by atoms with van der Waals surface area (Å²) >= 11 is 0. The van der Waals surface area contributed by atoms with Gasteiger partial charge in [-0.1, -0.05) is 0 Å². The zero-order chi connectivity index (χ0) is 10.1. The molecule has 0 aliphatic carbocycles. The van der Waals surface area contributed by atoms with Gasteiger partial charge in [0.05, 0.1) is 0 Å². The van der Waals surface area contributed by atoms with Crippen molar-refractivity contribution >= 4 is 9.84 Å². The summed E-state index contributed by atoms with van der Waals surface area (Å²) in [5.41, 5.74) is 0.921. The number of aryl methyl sites for hydroxylation is 1. The minimum atomic E-state index is -3.09. The minimum absolute atomic E-state index is 0.355. The average Bonchev–Trinajstić information content (AvgIpc) is 2.03.